The van der Waals surface area contributed by atoms with Crippen LogP contribution in [0, 0.1) is 0 Å². The number of nitrogens with one attached hydrogen (secondary N) is 1. The van der Waals surface area contributed by atoms with Crippen LogP contribution >= 0.6 is 11.6 Å². The predicted octanol–water partition coefficient (Wildman–Crippen LogP) is 1.02. The smallest absolute Gasteiger partial charge is 0.331 e. The van der Waals surface area contributed by atoms with Gasteiger partial charge in [-0.25, -0.2) is 13.2 Å². The Morgan fingerprint density at radius 1 is 1.47 bits per heavy atom. The number of halogens is 1. The number of sulfonamides is 1. The summed E-state index contributed by atoms with van der Waals surface area (Å²) in [5.41, 5.74) is -1.12. The summed E-state index contributed by atoms with van der Waals surface area (Å²) in [4.78, 5) is 11.8. The van der Waals surface area contributed by atoms with Crippen molar-refractivity contribution in [2.24, 2.45) is 0 Å². The largest absolute Gasteiger partial charge is 0.467 e. The van der Waals surface area contributed by atoms with Crippen LogP contribution in [0.2, 0.25) is 5.02 Å². The van der Waals surface area contributed by atoms with Gasteiger partial charge in [-0.2, -0.15) is 4.72 Å². The Balaban J connectivity index is 2.73. The van der Waals surface area contributed by atoms with E-state index in [4.69, 9.17) is 11.6 Å². The molecule has 5 nitrogen and oxygen atoms in total. The highest BCUT2D eigenvalue weighted by Gasteiger charge is 2.49. The van der Waals surface area contributed by atoms with Gasteiger partial charge in [-0.3, -0.25) is 0 Å². The molecule has 1 aromatic carbocycles. The quantitative estimate of drug-likeness (QED) is 0.777. The zero-order valence-corrected chi connectivity index (χ0v) is 10.7. The van der Waals surface area contributed by atoms with Gasteiger partial charge >= 0.3 is 5.97 Å². The SMILES string of the molecule is COC(=O)[C@]1(C)NS(=O)(=O)c2ccc(Cl)cc21. The number of ether oxygens (including phenoxy) is 1. The molecule has 7 heteroatoms. The van der Waals surface area contributed by atoms with Crippen molar-refractivity contribution in [1.29, 1.82) is 0 Å². The maximum atomic E-state index is 11.8. The van der Waals surface area contributed by atoms with E-state index in [9.17, 15) is 13.2 Å². The molecule has 1 N–H and O–H groups in total. The maximum Gasteiger partial charge on any atom is 0.331 e. The Morgan fingerprint density at radius 2 is 2.12 bits per heavy atom. The number of carbonyl (C=O) groups is 1. The zero-order chi connectivity index (χ0) is 12.8. The predicted molar refractivity (Wildman–Crippen MR) is 61.1 cm³/mol. The molecule has 1 aliphatic heterocycles. The number of rotatable bonds is 1. The Hall–Kier alpha value is -1.11. The van der Waals surface area contributed by atoms with Gasteiger partial charge in [0.25, 0.3) is 0 Å². The minimum Gasteiger partial charge on any atom is -0.467 e. The Labute approximate surface area is 104 Å². The average molecular weight is 276 g/mol. The lowest BCUT2D eigenvalue weighted by Gasteiger charge is -2.20. The number of benzene rings is 1. The van der Waals surface area contributed by atoms with Crippen LogP contribution in [0.3, 0.4) is 0 Å². The van der Waals surface area contributed by atoms with Crippen molar-refractivity contribution in [3.63, 3.8) is 0 Å². The average Bonchev–Trinajstić information content (AvgIpc) is 2.46. The number of esters is 1. The first kappa shape index (κ1) is 12.3. The van der Waals surface area contributed by atoms with Gasteiger partial charge in [0, 0.05) is 10.6 Å². The van der Waals surface area contributed by atoms with Crippen LogP contribution < -0.4 is 4.72 Å². The molecular weight excluding hydrogens is 266 g/mol. The van der Waals surface area contributed by atoms with Gasteiger partial charge in [-0.05, 0) is 25.1 Å². The van der Waals surface area contributed by atoms with E-state index >= 15 is 0 Å². The molecule has 0 saturated carbocycles. The molecule has 0 aromatic heterocycles. The van der Waals surface area contributed by atoms with Crippen molar-refractivity contribution in [1.82, 2.24) is 4.72 Å². The Kier molecular flexibility index (Phi) is 2.68. The third-order valence-corrected chi connectivity index (χ3v) is 4.55. The number of hydrogen-bond acceptors (Lipinski definition) is 4. The fourth-order valence-corrected chi connectivity index (χ4v) is 3.67. The van der Waals surface area contributed by atoms with Gasteiger partial charge in [-0.1, -0.05) is 11.6 Å². The summed E-state index contributed by atoms with van der Waals surface area (Å²) in [5.74, 6) is -0.679. The van der Waals surface area contributed by atoms with Gasteiger partial charge in [0.1, 0.15) is 0 Å². The molecule has 0 fully saturated rings. The molecule has 1 heterocycles. The number of fused-ring (bicyclic) bond motifs is 1. The van der Waals surface area contributed by atoms with Crippen LogP contribution in [0.25, 0.3) is 0 Å². The highest BCUT2D eigenvalue weighted by molar-refractivity contribution is 7.90. The lowest BCUT2D eigenvalue weighted by atomic mass is 9.93. The summed E-state index contributed by atoms with van der Waals surface area (Å²) in [6.45, 7) is 1.44. The molecule has 0 amide bonds. The molecule has 92 valence electrons. The van der Waals surface area contributed by atoms with Gasteiger partial charge in [0.15, 0.2) is 5.54 Å². The molecular formula is C10H10ClNO4S. The molecule has 1 aliphatic rings. The van der Waals surface area contributed by atoms with Crippen molar-refractivity contribution >= 4 is 27.6 Å². The molecule has 1 atom stereocenters. The van der Waals surface area contributed by atoms with E-state index in [1.807, 2.05) is 0 Å². The summed E-state index contributed by atoms with van der Waals surface area (Å²) in [6.07, 6.45) is 0. The molecule has 2 rings (SSSR count). The van der Waals surface area contributed by atoms with Gasteiger partial charge in [0.05, 0.1) is 12.0 Å². The first-order valence-corrected chi connectivity index (χ1v) is 6.60. The first-order chi connectivity index (χ1) is 7.81. The number of hydrogen-bond donors (Lipinski definition) is 1. The first-order valence-electron chi connectivity index (χ1n) is 4.74. The summed E-state index contributed by atoms with van der Waals surface area (Å²) < 4.78 is 30.6. The third kappa shape index (κ3) is 1.72. The Morgan fingerprint density at radius 3 is 2.71 bits per heavy atom. The molecule has 17 heavy (non-hydrogen) atoms. The van der Waals surface area contributed by atoms with Gasteiger partial charge < -0.3 is 4.74 Å². The fourth-order valence-electron chi connectivity index (χ4n) is 1.86. The van der Waals surface area contributed by atoms with Crippen molar-refractivity contribution in [2.75, 3.05) is 7.11 Å². The fraction of sp³-hybridized carbons (Fsp3) is 0.300. The minimum absolute atomic E-state index is 0.0507. The monoisotopic (exact) mass is 275 g/mol. The van der Waals surface area contributed by atoms with E-state index in [2.05, 4.69) is 9.46 Å². The lowest BCUT2D eigenvalue weighted by Crippen LogP contribution is -2.44. The highest BCUT2D eigenvalue weighted by atomic mass is 35.5. The van der Waals surface area contributed by atoms with Gasteiger partial charge in [-0.15, -0.1) is 0 Å². The molecule has 1 aromatic rings. The summed E-state index contributed by atoms with van der Waals surface area (Å²) in [5, 5.41) is 0.359. The molecule has 0 radical (unpaired) electrons. The molecule has 0 spiro atoms. The zero-order valence-electron chi connectivity index (χ0n) is 9.15. The van der Waals surface area contributed by atoms with E-state index in [1.54, 1.807) is 0 Å². The standard InChI is InChI=1S/C10H10ClNO4S/c1-10(9(13)16-2)7-5-6(11)3-4-8(7)17(14,15)12-10/h3-5,12H,1-2H3/t10-/m1/s1. The minimum atomic E-state index is -3.69. The highest BCUT2D eigenvalue weighted by Crippen LogP contribution is 2.37. The maximum absolute atomic E-state index is 11.8. The van der Waals surface area contributed by atoms with E-state index < -0.39 is 21.5 Å². The Bertz CT molecular complexity index is 598. The second-order valence-electron chi connectivity index (χ2n) is 3.86. The van der Waals surface area contributed by atoms with Crippen LogP contribution in [0.15, 0.2) is 23.1 Å². The summed E-state index contributed by atoms with van der Waals surface area (Å²) in [6, 6.07) is 4.28. The summed E-state index contributed by atoms with van der Waals surface area (Å²) >= 11 is 5.82. The number of methoxy groups -OCH3 is 1. The van der Waals surface area contributed by atoms with Crippen LogP contribution in [0.4, 0.5) is 0 Å². The normalized spacial score (nSPS) is 25.4. The van der Waals surface area contributed by atoms with Crippen molar-refractivity contribution < 1.29 is 17.9 Å². The molecule has 0 saturated heterocycles. The van der Waals surface area contributed by atoms with E-state index in [0.717, 1.165) is 0 Å². The second kappa shape index (κ2) is 3.69. The van der Waals surface area contributed by atoms with Crippen molar-refractivity contribution in [3.05, 3.63) is 28.8 Å². The molecule has 0 bridgehead atoms. The topological polar surface area (TPSA) is 72.5 Å². The van der Waals surface area contributed by atoms with Crippen LogP contribution in [0.1, 0.15) is 12.5 Å². The van der Waals surface area contributed by atoms with Crippen molar-refractivity contribution in [2.45, 2.75) is 17.4 Å². The number of carbonyl (C=O) groups excluding carboxylic acids is 1. The second-order valence-corrected chi connectivity index (χ2v) is 5.95. The van der Waals surface area contributed by atoms with E-state index in [0.29, 0.717) is 10.6 Å². The van der Waals surface area contributed by atoms with Crippen LogP contribution in [-0.2, 0) is 25.1 Å². The van der Waals surface area contributed by atoms with Gasteiger partial charge in [0.2, 0.25) is 10.0 Å². The summed E-state index contributed by atoms with van der Waals surface area (Å²) in [7, 11) is -2.50. The third-order valence-electron chi connectivity index (χ3n) is 2.70. The molecule has 0 aliphatic carbocycles. The molecule has 0 unspecified atom stereocenters. The van der Waals surface area contributed by atoms with Crippen LogP contribution in [0.5, 0.6) is 0 Å². The lowest BCUT2D eigenvalue weighted by molar-refractivity contribution is -0.147. The van der Waals surface area contributed by atoms with E-state index in [1.165, 1.54) is 32.2 Å². The van der Waals surface area contributed by atoms with E-state index in [-0.39, 0.29) is 4.90 Å². The van der Waals surface area contributed by atoms with Crippen LogP contribution in [-0.4, -0.2) is 21.5 Å². The van der Waals surface area contributed by atoms with Crippen molar-refractivity contribution in [3.8, 4) is 0 Å².